The molecule has 2 aromatic rings. The minimum Gasteiger partial charge on any atom is -0.388 e. The second-order valence-electron chi connectivity index (χ2n) is 4.17. The molecule has 0 spiro atoms. The monoisotopic (exact) mass is 329 g/mol. The van der Waals surface area contributed by atoms with E-state index in [1.165, 1.54) is 29.2 Å². The average molecular weight is 330 g/mol. The lowest BCUT2D eigenvalue weighted by Gasteiger charge is -2.00. The molecular formula is C13H12ClNO3S2. The Morgan fingerprint density at radius 3 is 2.65 bits per heavy atom. The molecule has 0 unspecified atom stereocenters. The number of nitro groups is 1. The number of benzene rings is 1. The molecule has 0 fully saturated rings. The smallest absolute Gasteiger partial charge is 0.294 e. The fraction of sp³-hybridized carbons (Fsp3) is 0.231. The summed E-state index contributed by atoms with van der Waals surface area (Å²) in [7, 11) is 0. The molecule has 0 amide bonds. The third-order valence-electron chi connectivity index (χ3n) is 2.59. The van der Waals surface area contributed by atoms with Crippen LogP contribution in [0.5, 0.6) is 0 Å². The molecule has 1 atom stereocenters. The van der Waals surface area contributed by atoms with Crippen LogP contribution < -0.4 is 0 Å². The Morgan fingerprint density at radius 1 is 1.45 bits per heavy atom. The number of hydrogen-bond acceptors (Lipinski definition) is 5. The van der Waals surface area contributed by atoms with Gasteiger partial charge >= 0.3 is 0 Å². The van der Waals surface area contributed by atoms with Crippen molar-refractivity contribution < 1.29 is 10.0 Å². The number of aliphatic hydroxyl groups excluding tert-OH is 1. The molecule has 0 radical (unpaired) electrons. The van der Waals surface area contributed by atoms with E-state index in [2.05, 4.69) is 0 Å². The van der Waals surface area contributed by atoms with Gasteiger partial charge in [0.25, 0.3) is 5.69 Å². The van der Waals surface area contributed by atoms with Gasteiger partial charge in [0, 0.05) is 21.7 Å². The molecule has 2 rings (SSSR count). The number of aliphatic hydroxyl groups is 1. The molecule has 0 aliphatic heterocycles. The highest BCUT2D eigenvalue weighted by Gasteiger charge is 2.21. The summed E-state index contributed by atoms with van der Waals surface area (Å²) in [5, 5.41) is 21.2. The van der Waals surface area contributed by atoms with Gasteiger partial charge in [0.15, 0.2) is 0 Å². The van der Waals surface area contributed by atoms with Gasteiger partial charge in [-0.1, -0.05) is 23.7 Å². The van der Waals surface area contributed by atoms with E-state index in [4.69, 9.17) is 11.6 Å². The molecule has 0 aliphatic rings. The van der Waals surface area contributed by atoms with Crippen LogP contribution in [0, 0.1) is 10.1 Å². The summed E-state index contributed by atoms with van der Waals surface area (Å²) in [5.74, 6) is 0.623. The molecule has 7 heteroatoms. The topological polar surface area (TPSA) is 63.4 Å². The van der Waals surface area contributed by atoms with E-state index in [1.807, 2.05) is 12.1 Å². The normalized spacial score (nSPS) is 12.3. The van der Waals surface area contributed by atoms with Gasteiger partial charge in [-0.3, -0.25) is 10.1 Å². The third kappa shape index (κ3) is 3.73. The van der Waals surface area contributed by atoms with E-state index in [1.54, 1.807) is 19.1 Å². The Hall–Kier alpha value is -1.08. The van der Waals surface area contributed by atoms with E-state index in [9.17, 15) is 15.2 Å². The van der Waals surface area contributed by atoms with Gasteiger partial charge < -0.3 is 5.11 Å². The first-order valence-corrected chi connectivity index (χ1v) is 7.99. The Labute approximate surface area is 129 Å². The summed E-state index contributed by atoms with van der Waals surface area (Å²) in [6.45, 7) is 1.60. The quantitative estimate of drug-likeness (QED) is 0.492. The van der Waals surface area contributed by atoms with Gasteiger partial charge in [0.05, 0.1) is 11.0 Å². The van der Waals surface area contributed by atoms with Crippen LogP contribution in [0.25, 0.3) is 0 Å². The van der Waals surface area contributed by atoms with E-state index in [0.717, 1.165) is 5.56 Å². The molecule has 4 nitrogen and oxygen atoms in total. The van der Waals surface area contributed by atoms with Crippen molar-refractivity contribution in [2.24, 2.45) is 0 Å². The van der Waals surface area contributed by atoms with E-state index >= 15 is 0 Å². The Kier molecular flexibility index (Phi) is 5.04. The predicted octanol–water partition coefficient (Wildman–Crippen LogP) is 4.66. The summed E-state index contributed by atoms with van der Waals surface area (Å²) in [6, 6.07) is 8.82. The lowest BCUT2D eigenvalue weighted by atomic mass is 10.2. The van der Waals surface area contributed by atoms with Crippen molar-refractivity contribution in [3.05, 3.63) is 55.9 Å². The maximum Gasteiger partial charge on any atom is 0.294 e. The van der Waals surface area contributed by atoms with Crippen molar-refractivity contribution in [2.75, 3.05) is 0 Å². The Bertz CT molecular complexity index is 611. The maximum absolute atomic E-state index is 11.0. The van der Waals surface area contributed by atoms with Gasteiger partial charge in [0.1, 0.15) is 4.21 Å². The highest BCUT2D eigenvalue weighted by molar-refractivity contribution is 8.00. The number of halogens is 1. The molecule has 1 aromatic heterocycles. The fourth-order valence-electron chi connectivity index (χ4n) is 1.55. The molecule has 0 saturated heterocycles. The van der Waals surface area contributed by atoms with Crippen molar-refractivity contribution in [1.82, 2.24) is 0 Å². The first-order valence-electron chi connectivity index (χ1n) is 5.81. The predicted molar refractivity (Wildman–Crippen MR) is 82.6 cm³/mol. The van der Waals surface area contributed by atoms with Gasteiger partial charge in [0.2, 0.25) is 0 Å². The Balaban J connectivity index is 2.15. The van der Waals surface area contributed by atoms with Crippen LogP contribution in [0.4, 0.5) is 5.69 Å². The summed E-state index contributed by atoms with van der Waals surface area (Å²) < 4.78 is 0.612. The SMILES string of the molecule is C[C@@H](O)c1cc([N+](=O)[O-])c(SCc2ccc(Cl)cc2)s1. The lowest BCUT2D eigenvalue weighted by molar-refractivity contribution is -0.387. The molecule has 20 heavy (non-hydrogen) atoms. The number of hydrogen-bond donors (Lipinski definition) is 1. The molecule has 1 aromatic carbocycles. The van der Waals surface area contributed by atoms with Crippen LogP contribution in [-0.4, -0.2) is 10.0 Å². The van der Waals surface area contributed by atoms with Crippen molar-refractivity contribution in [3.8, 4) is 0 Å². The van der Waals surface area contributed by atoms with Gasteiger partial charge in [-0.15, -0.1) is 23.1 Å². The van der Waals surface area contributed by atoms with E-state index < -0.39 is 11.0 Å². The molecule has 1 N–H and O–H groups in total. The molecule has 0 saturated carbocycles. The van der Waals surface area contributed by atoms with E-state index in [0.29, 0.717) is 19.9 Å². The van der Waals surface area contributed by atoms with Gasteiger partial charge in [-0.2, -0.15) is 0 Å². The zero-order chi connectivity index (χ0) is 14.7. The van der Waals surface area contributed by atoms with Crippen LogP contribution in [0.3, 0.4) is 0 Å². The zero-order valence-corrected chi connectivity index (χ0v) is 13.0. The van der Waals surface area contributed by atoms with Gasteiger partial charge in [-0.05, 0) is 24.6 Å². The van der Waals surface area contributed by atoms with Crippen molar-refractivity contribution >= 4 is 40.4 Å². The number of thioether (sulfide) groups is 1. The van der Waals surface area contributed by atoms with Crippen LogP contribution >= 0.6 is 34.7 Å². The maximum atomic E-state index is 11.0. The van der Waals surface area contributed by atoms with Crippen molar-refractivity contribution in [2.45, 2.75) is 23.0 Å². The highest BCUT2D eigenvalue weighted by Crippen LogP contribution is 2.41. The van der Waals surface area contributed by atoms with Crippen LogP contribution in [0.1, 0.15) is 23.5 Å². The molecule has 1 heterocycles. The minimum atomic E-state index is -0.691. The van der Waals surface area contributed by atoms with Crippen LogP contribution in [-0.2, 0) is 5.75 Å². The zero-order valence-electron chi connectivity index (χ0n) is 10.6. The van der Waals surface area contributed by atoms with Crippen LogP contribution in [0.15, 0.2) is 34.5 Å². The largest absolute Gasteiger partial charge is 0.388 e. The van der Waals surface area contributed by atoms with Gasteiger partial charge in [-0.25, -0.2) is 0 Å². The second kappa shape index (κ2) is 6.58. The molecule has 0 bridgehead atoms. The molecule has 0 aliphatic carbocycles. The highest BCUT2D eigenvalue weighted by atomic mass is 35.5. The number of thiophene rings is 1. The second-order valence-corrected chi connectivity index (χ2v) is 6.93. The summed E-state index contributed by atoms with van der Waals surface area (Å²) in [5.41, 5.74) is 1.10. The first-order chi connectivity index (χ1) is 9.47. The fourth-order valence-corrected chi connectivity index (χ4v) is 3.94. The molecular weight excluding hydrogens is 318 g/mol. The van der Waals surface area contributed by atoms with Crippen molar-refractivity contribution in [3.63, 3.8) is 0 Å². The van der Waals surface area contributed by atoms with Crippen molar-refractivity contribution in [1.29, 1.82) is 0 Å². The number of nitrogens with zero attached hydrogens (tertiary/aromatic N) is 1. The third-order valence-corrected chi connectivity index (χ3v) is 5.48. The standard InChI is InChI=1S/C13H12ClNO3S2/c1-8(16)12-6-11(15(17)18)13(20-12)19-7-9-2-4-10(14)5-3-9/h2-6,8,16H,7H2,1H3/t8-/m1/s1. The number of rotatable bonds is 5. The summed E-state index contributed by atoms with van der Waals surface area (Å²) >= 11 is 8.47. The van der Waals surface area contributed by atoms with E-state index in [-0.39, 0.29) is 5.69 Å². The minimum absolute atomic E-state index is 0.0601. The Morgan fingerprint density at radius 2 is 2.10 bits per heavy atom. The lowest BCUT2D eigenvalue weighted by Crippen LogP contribution is -1.88. The summed E-state index contributed by atoms with van der Waals surface area (Å²) in [6.07, 6.45) is -0.691. The first kappa shape index (κ1) is 15.3. The average Bonchev–Trinajstić information content (AvgIpc) is 2.82. The summed E-state index contributed by atoms with van der Waals surface area (Å²) in [4.78, 5) is 11.2. The molecule has 106 valence electrons. The van der Waals surface area contributed by atoms with Crippen LogP contribution in [0.2, 0.25) is 5.02 Å².